The number of nitrogens with zero attached hydrogens (tertiary/aromatic N) is 1. The molecule has 0 bridgehead atoms. The standard InChI is InChI=1S/C27H27N3O3/c1-17-7-9-18(10-8-17)26-25-22(23-16-21(33-3)11-12-24(23)29-25)13-14-30(26)27(31)28-19-5-4-6-20(15-19)32-2/h4-12,15-16,26,29H,13-14H2,1-3H3,(H,28,31)/t26-/m1/s1. The highest BCUT2D eigenvalue weighted by Gasteiger charge is 2.34. The van der Waals surface area contributed by atoms with E-state index in [9.17, 15) is 4.79 Å². The number of anilines is 1. The Morgan fingerprint density at radius 2 is 1.76 bits per heavy atom. The Bertz CT molecular complexity index is 1310. The van der Waals surface area contributed by atoms with Gasteiger partial charge in [0.15, 0.2) is 0 Å². The number of nitrogens with one attached hydrogen (secondary N) is 2. The monoisotopic (exact) mass is 441 g/mol. The van der Waals surface area contributed by atoms with Crippen LogP contribution in [0.2, 0.25) is 0 Å². The van der Waals surface area contributed by atoms with Crippen molar-refractivity contribution in [3.63, 3.8) is 0 Å². The molecule has 2 amide bonds. The average molecular weight is 442 g/mol. The molecule has 4 aromatic rings. The Labute approximate surface area is 193 Å². The molecule has 1 atom stereocenters. The van der Waals surface area contributed by atoms with Crippen molar-refractivity contribution in [2.24, 2.45) is 0 Å². The van der Waals surface area contributed by atoms with E-state index in [0.717, 1.165) is 34.3 Å². The number of rotatable bonds is 4. The summed E-state index contributed by atoms with van der Waals surface area (Å²) in [5, 5.41) is 4.20. The Hall–Kier alpha value is -3.93. The van der Waals surface area contributed by atoms with Crippen molar-refractivity contribution >= 4 is 22.6 Å². The molecule has 0 spiro atoms. The maximum absolute atomic E-state index is 13.5. The summed E-state index contributed by atoms with van der Waals surface area (Å²) in [6.07, 6.45) is 0.760. The van der Waals surface area contributed by atoms with Gasteiger partial charge < -0.3 is 24.7 Å². The minimum atomic E-state index is -0.224. The van der Waals surface area contributed by atoms with Crippen molar-refractivity contribution in [1.29, 1.82) is 0 Å². The van der Waals surface area contributed by atoms with E-state index in [2.05, 4.69) is 47.6 Å². The van der Waals surface area contributed by atoms with Gasteiger partial charge in [0.05, 0.1) is 20.3 Å². The molecule has 6 heteroatoms. The van der Waals surface area contributed by atoms with Gasteiger partial charge in [-0.2, -0.15) is 0 Å². The van der Waals surface area contributed by atoms with E-state index in [-0.39, 0.29) is 12.1 Å². The van der Waals surface area contributed by atoms with Crippen LogP contribution in [0.1, 0.15) is 28.4 Å². The van der Waals surface area contributed by atoms with Crippen molar-refractivity contribution in [3.8, 4) is 11.5 Å². The number of hydrogen-bond donors (Lipinski definition) is 2. The van der Waals surface area contributed by atoms with E-state index < -0.39 is 0 Å². The van der Waals surface area contributed by atoms with Crippen molar-refractivity contribution in [3.05, 3.63) is 89.1 Å². The van der Waals surface area contributed by atoms with Crippen LogP contribution >= 0.6 is 0 Å². The average Bonchev–Trinajstić information content (AvgIpc) is 3.22. The molecule has 5 rings (SSSR count). The van der Waals surface area contributed by atoms with Crippen molar-refractivity contribution in [1.82, 2.24) is 9.88 Å². The van der Waals surface area contributed by atoms with Crippen LogP contribution in [-0.2, 0) is 6.42 Å². The van der Waals surface area contributed by atoms with Crippen LogP contribution in [0.25, 0.3) is 10.9 Å². The predicted molar refractivity (Wildman–Crippen MR) is 130 cm³/mol. The summed E-state index contributed by atoms with van der Waals surface area (Å²) in [7, 11) is 3.30. The molecule has 0 fully saturated rings. The number of ether oxygens (including phenoxy) is 2. The fourth-order valence-corrected chi connectivity index (χ4v) is 4.60. The van der Waals surface area contributed by atoms with Gasteiger partial charge in [-0.3, -0.25) is 0 Å². The van der Waals surface area contributed by atoms with Crippen molar-refractivity contribution < 1.29 is 14.3 Å². The summed E-state index contributed by atoms with van der Waals surface area (Å²) in [5.41, 5.74) is 6.29. The molecule has 0 unspecified atom stereocenters. The smallest absolute Gasteiger partial charge is 0.322 e. The number of H-pyrrole nitrogens is 1. The molecule has 168 valence electrons. The largest absolute Gasteiger partial charge is 0.497 e. The van der Waals surface area contributed by atoms with E-state index in [4.69, 9.17) is 9.47 Å². The SMILES string of the molecule is COc1cccc(NC(=O)N2CCc3c([nH]c4ccc(OC)cc34)[C@H]2c2ccc(C)cc2)c1. The van der Waals surface area contributed by atoms with E-state index in [0.29, 0.717) is 18.0 Å². The summed E-state index contributed by atoms with van der Waals surface area (Å²) < 4.78 is 10.8. The molecule has 6 nitrogen and oxygen atoms in total. The van der Waals surface area contributed by atoms with E-state index in [1.54, 1.807) is 14.2 Å². The maximum Gasteiger partial charge on any atom is 0.322 e. The molecule has 33 heavy (non-hydrogen) atoms. The summed E-state index contributed by atoms with van der Waals surface area (Å²) in [6, 6.07) is 21.5. The number of aromatic nitrogens is 1. The molecule has 1 aromatic heterocycles. The number of aryl methyl sites for hydroxylation is 1. The first-order chi connectivity index (χ1) is 16.1. The van der Waals surface area contributed by atoms with Gasteiger partial charge in [0.1, 0.15) is 11.5 Å². The van der Waals surface area contributed by atoms with Gasteiger partial charge in [0.2, 0.25) is 0 Å². The highest BCUT2D eigenvalue weighted by molar-refractivity contribution is 5.92. The number of urea groups is 1. The summed E-state index contributed by atoms with van der Waals surface area (Å²) in [5.74, 6) is 1.53. The molecule has 2 N–H and O–H groups in total. The van der Waals surface area contributed by atoms with E-state index in [1.807, 2.05) is 41.3 Å². The van der Waals surface area contributed by atoms with Gasteiger partial charge in [-0.25, -0.2) is 4.79 Å². The second-order valence-electron chi connectivity index (χ2n) is 8.35. The second kappa shape index (κ2) is 8.54. The fraction of sp³-hybridized carbons (Fsp3) is 0.222. The quantitative estimate of drug-likeness (QED) is 0.429. The lowest BCUT2D eigenvalue weighted by Crippen LogP contribution is -2.43. The molecule has 0 saturated heterocycles. The number of aromatic amines is 1. The number of carbonyl (C=O) groups excluding carboxylic acids is 1. The second-order valence-corrected chi connectivity index (χ2v) is 8.35. The lowest BCUT2D eigenvalue weighted by atomic mass is 9.92. The fourth-order valence-electron chi connectivity index (χ4n) is 4.60. The molecule has 0 saturated carbocycles. The third-order valence-corrected chi connectivity index (χ3v) is 6.31. The van der Waals surface area contributed by atoms with Crippen LogP contribution in [0.3, 0.4) is 0 Å². The van der Waals surface area contributed by atoms with Crippen molar-refractivity contribution in [2.45, 2.75) is 19.4 Å². The van der Waals surface area contributed by atoms with Gasteiger partial charge in [0.25, 0.3) is 0 Å². The van der Waals surface area contributed by atoms with Crippen LogP contribution in [0.4, 0.5) is 10.5 Å². The number of amides is 2. The van der Waals surface area contributed by atoms with E-state index in [1.165, 1.54) is 11.1 Å². The Balaban J connectivity index is 1.56. The Kier molecular flexibility index (Phi) is 5.42. The molecule has 2 heterocycles. The maximum atomic E-state index is 13.5. The van der Waals surface area contributed by atoms with Gasteiger partial charge in [-0.1, -0.05) is 35.9 Å². The minimum absolute atomic E-state index is 0.143. The van der Waals surface area contributed by atoms with Gasteiger partial charge >= 0.3 is 6.03 Å². The molecule has 0 radical (unpaired) electrons. The first kappa shape index (κ1) is 20.9. The minimum Gasteiger partial charge on any atom is -0.497 e. The van der Waals surface area contributed by atoms with Crippen molar-refractivity contribution in [2.75, 3.05) is 26.1 Å². The molecule has 0 aliphatic carbocycles. The number of methoxy groups -OCH3 is 2. The number of carbonyl (C=O) groups is 1. The van der Waals surface area contributed by atoms with Crippen LogP contribution < -0.4 is 14.8 Å². The first-order valence-electron chi connectivity index (χ1n) is 11.0. The Morgan fingerprint density at radius 1 is 1.00 bits per heavy atom. The highest BCUT2D eigenvalue weighted by atomic mass is 16.5. The molecule has 1 aliphatic rings. The zero-order valence-electron chi connectivity index (χ0n) is 19.0. The third-order valence-electron chi connectivity index (χ3n) is 6.31. The van der Waals surface area contributed by atoms with Gasteiger partial charge in [-0.15, -0.1) is 0 Å². The molecule has 3 aromatic carbocycles. The predicted octanol–water partition coefficient (Wildman–Crippen LogP) is 5.67. The number of hydrogen-bond acceptors (Lipinski definition) is 3. The lowest BCUT2D eigenvalue weighted by molar-refractivity contribution is 0.193. The van der Waals surface area contributed by atoms with Crippen LogP contribution in [0.15, 0.2) is 66.7 Å². The Morgan fingerprint density at radius 3 is 2.52 bits per heavy atom. The summed E-state index contributed by atoms with van der Waals surface area (Å²) in [6.45, 7) is 2.67. The zero-order valence-corrected chi connectivity index (χ0v) is 19.0. The molecule has 1 aliphatic heterocycles. The first-order valence-corrected chi connectivity index (χ1v) is 11.0. The van der Waals surface area contributed by atoms with Gasteiger partial charge in [-0.05, 0) is 54.8 Å². The molecular formula is C27H27N3O3. The zero-order chi connectivity index (χ0) is 22.9. The van der Waals surface area contributed by atoms with Crippen LogP contribution in [0, 0.1) is 6.92 Å². The van der Waals surface area contributed by atoms with Crippen LogP contribution in [-0.4, -0.2) is 36.7 Å². The summed E-state index contributed by atoms with van der Waals surface area (Å²) >= 11 is 0. The highest BCUT2D eigenvalue weighted by Crippen LogP contribution is 2.39. The third kappa shape index (κ3) is 3.89. The normalized spacial score (nSPS) is 15.2. The number of benzene rings is 3. The summed E-state index contributed by atoms with van der Waals surface area (Å²) in [4.78, 5) is 19.0. The molecular weight excluding hydrogens is 414 g/mol. The van der Waals surface area contributed by atoms with Crippen LogP contribution in [0.5, 0.6) is 11.5 Å². The van der Waals surface area contributed by atoms with E-state index >= 15 is 0 Å². The lowest BCUT2D eigenvalue weighted by Gasteiger charge is -2.36. The van der Waals surface area contributed by atoms with Gasteiger partial charge in [0, 0.05) is 34.9 Å². The number of fused-ring (bicyclic) bond motifs is 3. The topological polar surface area (TPSA) is 66.6 Å².